The molecule has 0 aliphatic carbocycles. The first-order chi connectivity index (χ1) is 10.2. The Labute approximate surface area is 158 Å². The van der Waals surface area contributed by atoms with Crippen molar-refractivity contribution < 1.29 is 19.7 Å². The van der Waals surface area contributed by atoms with Gasteiger partial charge in [-0.3, -0.25) is 4.79 Å². The molecule has 2 unspecified atom stereocenters. The Morgan fingerprint density at radius 3 is 1.91 bits per heavy atom. The van der Waals surface area contributed by atoms with E-state index in [1.54, 1.807) is 0 Å². The molecule has 5 heteroatoms. The van der Waals surface area contributed by atoms with Crippen LogP contribution in [-0.4, -0.2) is 71.5 Å². The Kier molecular flexibility index (Phi) is 22.1. The maximum atomic E-state index is 10.7. The second-order valence-electron chi connectivity index (χ2n) is 5.75. The third kappa shape index (κ3) is 16.9. The third-order valence-corrected chi connectivity index (χ3v) is 3.65. The van der Waals surface area contributed by atoms with Crippen LogP contribution in [0.5, 0.6) is 0 Å². The molecule has 0 aliphatic heterocycles. The summed E-state index contributed by atoms with van der Waals surface area (Å²) < 4.78 is 5.19. The molecule has 0 heterocycles. The average molecular weight is 325 g/mol. The van der Waals surface area contributed by atoms with E-state index in [1.165, 1.54) is 51.4 Å². The van der Waals surface area contributed by atoms with Gasteiger partial charge in [-0.05, 0) is 6.42 Å². The third-order valence-electron chi connectivity index (χ3n) is 3.65. The molecule has 1 radical (unpaired) electrons. The van der Waals surface area contributed by atoms with Gasteiger partial charge in [0, 0.05) is 0 Å². The second-order valence-corrected chi connectivity index (χ2v) is 5.75. The van der Waals surface area contributed by atoms with Gasteiger partial charge in [0.15, 0.2) is 0 Å². The number of hydrogen-bond donors (Lipinski definition) is 2. The minimum absolute atomic E-state index is 0. The Balaban J connectivity index is 0. The number of rotatable bonds is 16. The first-order valence-electron chi connectivity index (χ1n) is 8.52. The molecular weight excluding hydrogens is 291 g/mol. The van der Waals surface area contributed by atoms with E-state index >= 15 is 0 Å². The van der Waals surface area contributed by atoms with Gasteiger partial charge in [0.1, 0.15) is 12.2 Å². The molecule has 0 saturated heterocycles. The maximum absolute atomic E-state index is 10.7. The van der Waals surface area contributed by atoms with Gasteiger partial charge < -0.3 is 14.9 Å². The van der Waals surface area contributed by atoms with Crippen molar-refractivity contribution in [3.05, 3.63) is 0 Å². The number of ether oxygens (including phenoxy) is 1. The summed E-state index contributed by atoms with van der Waals surface area (Å²) in [5.41, 5.74) is 0. The molecule has 0 aromatic carbocycles. The normalized spacial score (nSPS) is 13.4. The van der Waals surface area contributed by atoms with E-state index in [0.29, 0.717) is 6.42 Å². The SMILES string of the molecule is CCCCCCCCCCCCC([C]=O)OCC(O)CO.[NaH]. The van der Waals surface area contributed by atoms with Crippen LogP contribution in [0.3, 0.4) is 0 Å². The van der Waals surface area contributed by atoms with Gasteiger partial charge in [-0.1, -0.05) is 71.1 Å². The van der Waals surface area contributed by atoms with Crippen molar-refractivity contribution in [2.45, 2.75) is 89.8 Å². The van der Waals surface area contributed by atoms with Crippen molar-refractivity contribution in [1.82, 2.24) is 0 Å². The van der Waals surface area contributed by atoms with Crippen LogP contribution in [0.4, 0.5) is 0 Å². The van der Waals surface area contributed by atoms with E-state index in [4.69, 9.17) is 14.9 Å². The summed E-state index contributed by atoms with van der Waals surface area (Å²) in [4.78, 5) is 10.7. The van der Waals surface area contributed by atoms with E-state index in [9.17, 15) is 4.79 Å². The molecule has 127 valence electrons. The molecule has 0 amide bonds. The molecule has 4 nitrogen and oxygen atoms in total. The van der Waals surface area contributed by atoms with Crippen LogP contribution in [0, 0.1) is 0 Å². The van der Waals surface area contributed by atoms with E-state index in [1.807, 2.05) is 6.29 Å². The van der Waals surface area contributed by atoms with Gasteiger partial charge in [0.2, 0.25) is 6.29 Å². The molecule has 0 fully saturated rings. The standard InChI is InChI=1S/C17H33O4.Na.H/c1-2-3-4-5-6-7-8-9-10-11-12-17(14-19)21-15-16(20)13-18;;/h16-18,20H,2-13,15H2,1H3;;. The average Bonchev–Trinajstić information content (AvgIpc) is 2.51. The fourth-order valence-electron chi connectivity index (χ4n) is 2.27. The van der Waals surface area contributed by atoms with Crippen LogP contribution in [0.2, 0.25) is 0 Å². The van der Waals surface area contributed by atoms with E-state index in [0.717, 1.165) is 12.8 Å². The van der Waals surface area contributed by atoms with Crippen molar-refractivity contribution in [2.24, 2.45) is 0 Å². The topological polar surface area (TPSA) is 66.8 Å². The Morgan fingerprint density at radius 2 is 1.45 bits per heavy atom. The zero-order chi connectivity index (χ0) is 15.8. The first-order valence-corrected chi connectivity index (χ1v) is 8.52. The van der Waals surface area contributed by atoms with E-state index < -0.39 is 12.2 Å². The molecule has 2 atom stereocenters. The first kappa shape index (κ1) is 24.8. The zero-order valence-corrected chi connectivity index (χ0v) is 13.6. The molecule has 0 aliphatic rings. The van der Waals surface area contributed by atoms with Crippen LogP contribution >= 0.6 is 0 Å². The zero-order valence-electron chi connectivity index (χ0n) is 13.6. The van der Waals surface area contributed by atoms with Gasteiger partial charge in [-0.2, -0.15) is 0 Å². The van der Waals surface area contributed by atoms with Crippen molar-refractivity contribution in [2.75, 3.05) is 13.2 Å². The van der Waals surface area contributed by atoms with Crippen LogP contribution in [0.25, 0.3) is 0 Å². The Hall–Kier alpha value is 0.550. The molecule has 2 N–H and O–H groups in total. The van der Waals surface area contributed by atoms with Gasteiger partial charge in [-0.15, -0.1) is 0 Å². The summed E-state index contributed by atoms with van der Waals surface area (Å²) >= 11 is 0. The predicted octanol–water partition coefficient (Wildman–Crippen LogP) is 2.50. The fraction of sp³-hybridized carbons (Fsp3) is 0.941. The van der Waals surface area contributed by atoms with Crippen molar-refractivity contribution >= 4 is 35.8 Å². The molecule has 0 spiro atoms. The van der Waals surface area contributed by atoms with E-state index in [2.05, 4.69) is 6.92 Å². The summed E-state index contributed by atoms with van der Waals surface area (Å²) in [7, 11) is 0. The van der Waals surface area contributed by atoms with Crippen LogP contribution < -0.4 is 0 Å². The molecular formula is C17H34NaO4. The molecule has 22 heavy (non-hydrogen) atoms. The summed E-state index contributed by atoms with van der Waals surface area (Å²) in [6, 6.07) is 0. The summed E-state index contributed by atoms with van der Waals surface area (Å²) in [6.45, 7) is 1.89. The summed E-state index contributed by atoms with van der Waals surface area (Å²) in [5, 5.41) is 17.8. The van der Waals surface area contributed by atoms with Gasteiger partial charge in [0.25, 0.3) is 0 Å². The number of unbranched alkanes of at least 4 members (excludes halogenated alkanes) is 9. The van der Waals surface area contributed by atoms with Crippen molar-refractivity contribution in [3.8, 4) is 0 Å². The summed E-state index contributed by atoms with van der Waals surface area (Å²) in [6.07, 6.45) is 13.6. The monoisotopic (exact) mass is 325 g/mol. The number of aliphatic hydroxyl groups excluding tert-OH is 2. The van der Waals surface area contributed by atoms with Crippen molar-refractivity contribution in [1.29, 1.82) is 0 Å². The predicted molar refractivity (Wildman–Crippen MR) is 92.1 cm³/mol. The van der Waals surface area contributed by atoms with Crippen LogP contribution in [-0.2, 0) is 9.53 Å². The minimum atomic E-state index is -0.909. The second kappa shape index (κ2) is 19.6. The Morgan fingerprint density at radius 1 is 0.955 bits per heavy atom. The quantitative estimate of drug-likeness (QED) is 0.338. The number of hydrogen-bond acceptors (Lipinski definition) is 4. The van der Waals surface area contributed by atoms with Gasteiger partial charge in [0.05, 0.1) is 13.2 Å². The number of carbonyl (C=O) groups excluding carboxylic acids is 1. The molecule has 0 saturated carbocycles. The number of aliphatic hydroxyl groups is 2. The van der Waals surface area contributed by atoms with Crippen molar-refractivity contribution in [3.63, 3.8) is 0 Å². The molecule has 0 aromatic rings. The van der Waals surface area contributed by atoms with Crippen LogP contribution in [0.1, 0.15) is 77.6 Å². The van der Waals surface area contributed by atoms with E-state index in [-0.39, 0.29) is 42.8 Å². The summed E-state index contributed by atoms with van der Waals surface area (Å²) in [5.74, 6) is 0. The van der Waals surface area contributed by atoms with Crippen LogP contribution in [0.15, 0.2) is 0 Å². The Bertz CT molecular complexity index is 227. The van der Waals surface area contributed by atoms with Gasteiger partial charge in [-0.25, -0.2) is 0 Å². The molecule has 0 rings (SSSR count). The molecule has 0 aromatic heterocycles. The van der Waals surface area contributed by atoms with Gasteiger partial charge >= 0.3 is 29.6 Å². The molecule has 0 bridgehead atoms. The fourth-order valence-corrected chi connectivity index (χ4v) is 2.27.